The van der Waals surface area contributed by atoms with Crippen LogP contribution in [0.4, 0.5) is 16.0 Å². The SMILES string of the molecule is [C-]#[N+]C(C)(C)n1ncc(Nc2ncc(F)c(OCC3CCC(NC(C)=O)CC3)n2)c1C. The lowest BCUT2D eigenvalue weighted by atomic mass is 9.86. The molecule has 166 valence electrons. The molecule has 31 heavy (non-hydrogen) atoms. The molecule has 0 atom stereocenters. The molecule has 0 spiro atoms. The van der Waals surface area contributed by atoms with E-state index in [2.05, 4.69) is 30.5 Å². The molecular weight excluding hydrogens is 401 g/mol. The van der Waals surface area contributed by atoms with Gasteiger partial charge in [-0.2, -0.15) is 19.2 Å². The number of halogens is 1. The maximum atomic E-state index is 14.2. The second-order valence-corrected chi connectivity index (χ2v) is 8.36. The Hall–Kier alpha value is -3.22. The maximum Gasteiger partial charge on any atom is 0.320 e. The van der Waals surface area contributed by atoms with Crippen molar-refractivity contribution in [1.82, 2.24) is 25.1 Å². The first-order valence-electron chi connectivity index (χ1n) is 10.3. The van der Waals surface area contributed by atoms with E-state index in [0.717, 1.165) is 37.6 Å². The minimum absolute atomic E-state index is 0.0128. The number of aromatic nitrogens is 4. The number of amides is 1. The minimum atomic E-state index is -0.819. The van der Waals surface area contributed by atoms with Crippen molar-refractivity contribution in [3.05, 3.63) is 35.3 Å². The third-order valence-corrected chi connectivity index (χ3v) is 5.47. The molecule has 9 nitrogen and oxygen atoms in total. The predicted octanol–water partition coefficient (Wildman–Crippen LogP) is 3.55. The van der Waals surface area contributed by atoms with Gasteiger partial charge in [-0.15, -0.1) is 0 Å². The van der Waals surface area contributed by atoms with Crippen LogP contribution >= 0.6 is 0 Å². The molecule has 0 unspecified atom stereocenters. The van der Waals surface area contributed by atoms with E-state index < -0.39 is 11.5 Å². The van der Waals surface area contributed by atoms with Gasteiger partial charge in [0.2, 0.25) is 17.7 Å². The van der Waals surface area contributed by atoms with Gasteiger partial charge in [0.1, 0.15) is 0 Å². The van der Waals surface area contributed by atoms with Gasteiger partial charge in [0.15, 0.2) is 0 Å². The standard InChI is InChI=1S/C21H28FN7O2/c1-13-18(11-25-29(13)21(3,4)23-5)27-20-24-10-17(22)19(28-20)31-12-15-6-8-16(9-7-15)26-14(2)30/h10-11,15-16H,6-9,12H2,1-4H3,(H,26,30)(H,24,27,28). The topological polar surface area (TPSA) is 98.3 Å². The highest BCUT2D eigenvalue weighted by molar-refractivity contribution is 5.73. The van der Waals surface area contributed by atoms with Gasteiger partial charge in [-0.05, 0) is 38.5 Å². The molecule has 3 rings (SSSR count). The van der Waals surface area contributed by atoms with E-state index in [1.807, 2.05) is 6.92 Å². The van der Waals surface area contributed by atoms with Gasteiger partial charge < -0.3 is 15.4 Å². The summed E-state index contributed by atoms with van der Waals surface area (Å²) in [6.45, 7) is 14.6. The number of carbonyl (C=O) groups is 1. The number of rotatable bonds is 7. The first-order chi connectivity index (χ1) is 14.7. The quantitative estimate of drug-likeness (QED) is 0.653. The van der Waals surface area contributed by atoms with Gasteiger partial charge in [-0.3, -0.25) is 9.64 Å². The van der Waals surface area contributed by atoms with E-state index in [4.69, 9.17) is 11.3 Å². The molecule has 1 amide bonds. The highest BCUT2D eigenvalue weighted by Crippen LogP contribution is 2.27. The van der Waals surface area contributed by atoms with Crippen LogP contribution < -0.4 is 15.4 Å². The summed E-state index contributed by atoms with van der Waals surface area (Å²) in [5, 5.41) is 10.2. The van der Waals surface area contributed by atoms with Crippen molar-refractivity contribution in [1.29, 1.82) is 0 Å². The molecule has 0 saturated heterocycles. The monoisotopic (exact) mass is 429 g/mol. The molecule has 0 aromatic carbocycles. The van der Waals surface area contributed by atoms with E-state index in [0.29, 0.717) is 12.3 Å². The number of carbonyl (C=O) groups excluding carboxylic acids is 1. The van der Waals surface area contributed by atoms with Crippen molar-refractivity contribution >= 4 is 17.5 Å². The Morgan fingerprint density at radius 2 is 2.06 bits per heavy atom. The van der Waals surface area contributed by atoms with Gasteiger partial charge in [-0.1, -0.05) is 0 Å². The summed E-state index contributed by atoms with van der Waals surface area (Å²) in [4.78, 5) is 22.9. The number of anilines is 2. The Balaban J connectivity index is 1.61. The Kier molecular flexibility index (Phi) is 6.73. The molecule has 2 heterocycles. The summed E-state index contributed by atoms with van der Waals surface area (Å²) >= 11 is 0. The minimum Gasteiger partial charge on any atom is -0.475 e. The largest absolute Gasteiger partial charge is 0.475 e. The normalized spacial score (nSPS) is 18.8. The van der Waals surface area contributed by atoms with E-state index in [9.17, 15) is 9.18 Å². The third kappa shape index (κ3) is 5.48. The van der Waals surface area contributed by atoms with Crippen molar-refractivity contribution < 1.29 is 13.9 Å². The Morgan fingerprint density at radius 3 is 2.71 bits per heavy atom. The van der Waals surface area contributed by atoms with Crippen molar-refractivity contribution in [2.24, 2.45) is 5.92 Å². The van der Waals surface area contributed by atoms with Crippen LogP contribution in [0.25, 0.3) is 4.85 Å². The van der Waals surface area contributed by atoms with Gasteiger partial charge in [-0.25, -0.2) is 11.6 Å². The lowest BCUT2D eigenvalue weighted by molar-refractivity contribution is -0.119. The molecule has 2 aromatic rings. The molecule has 0 bridgehead atoms. The van der Waals surface area contributed by atoms with Crippen LogP contribution in [0.3, 0.4) is 0 Å². The summed E-state index contributed by atoms with van der Waals surface area (Å²) in [6, 6.07) is 0.206. The van der Waals surface area contributed by atoms with E-state index in [1.54, 1.807) is 24.7 Å². The molecule has 1 aliphatic rings. The zero-order valence-electron chi connectivity index (χ0n) is 18.3. The number of hydrogen-bond donors (Lipinski definition) is 2. The third-order valence-electron chi connectivity index (χ3n) is 5.47. The first kappa shape index (κ1) is 22.5. The average Bonchev–Trinajstić information content (AvgIpc) is 3.10. The molecule has 1 saturated carbocycles. The molecule has 0 aliphatic heterocycles. The Labute approximate surface area is 181 Å². The predicted molar refractivity (Wildman–Crippen MR) is 113 cm³/mol. The lowest BCUT2D eigenvalue weighted by Gasteiger charge is -2.28. The van der Waals surface area contributed by atoms with E-state index >= 15 is 0 Å². The van der Waals surface area contributed by atoms with Gasteiger partial charge in [0.25, 0.3) is 5.88 Å². The van der Waals surface area contributed by atoms with Gasteiger partial charge in [0.05, 0.1) is 30.4 Å². The lowest BCUT2D eigenvalue weighted by Crippen LogP contribution is -2.37. The molecular formula is C21H28FN7O2. The summed E-state index contributed by atoms with van der Waals surface area (Å²) in [7, 11) is 0. The van der Waals surface area contributed by atoms with Crippen LogP contribution in [-0.4, -0.2) is 38.3 Å². The summed E-state index contributed by atoms with van der Waals surface area (Å²) in [6.07, 6.45) is 6.23. The fraction of sp³-hybridized carbons (Fsp3) is 0.571. The van der Waals surface area contributed by atoms with Gasteiger partial charge >= 0.3 is 5.66 Å². The van der Waals surface area contributed by atoms with E-state index in [1.165, 1.54) is 6.92 Å². The summed E-state index contributed by atoms with van der Waals surface area (Å²) in [5.74, 6) is -0.269. The fourth-order valence-corrected chi connectivity index (χ4v) is 3.72. The molecule has 0 radical (unpaired) electrons. The van der Waals surface area contributed by atoms with Crippen LogP contribution in [0.1, 0.15) is 52.1 Å². The summed E-state index contributed by atoms with van der Waals surface area (Å²) < 4.78 is 21.5. The highest BCUT2D eigenvalue weighted by atomic mass is 19.1. The average molecular weight is 430 g/mol. The number of hydrogen-bond acceptors (Lipinski definition) is 6. The van der Waals surface area contributed by atoms with Crippen LogP contribution in [0, 0.1) is 25.2 Å². The number of ether oxygens (including phenoxy) is 1. The highest BCUT2D eigenvalue weighted by Gasteiger charge is 2.29. The molecule has 10 heteroatoms. The second-order valence-electron chi connectivity index (χ2n) is 8.36. The molecule has 1 aliphatic carbocycles. The molecule has 2 aromatic heterocycles. The Morgan fingerprint density at radius 1 is 1.35 bits per heavy atom. The second kappa shape index (κ2) is 9.29. The van der Waals surface area contributed by atoms with Crippen molar-refractivity contribution in [2.45, 2.75) is 65.1 Å². The summed E-state index contributed by atoms with van der Waals surface area (Å²) in [5.41, 5.74) is 0.554. The molecule has 2 N–H and O–H groups in total. The van der Waals surface area contributed by atoms with Crippen LogP contribution in [0.2, 0.25) is 0 Å². The van der Waals surface area contributed by atoms with Crippen molar-refractivity contribution in [3.63, 3.8) is 0 Å². The van der Waals surface area contributed by atoms with Crippen LogP contribution in [0.15, 0.2) is 12.4 Å². The zero-order chi connectivity index (χ0) is 22.6. The van der Waals surface area contributed by atoms with Crippen molar-refractivity contribution in [3.8, 4) is 5.88 Å². The molecule has 1 fully saturated rings. The number of nitrogens with zero attached hydrogens (tertiary/aromatic N) is 5. The van der Waals surface area contributed by atoms with Crippen LogP contribution in [-0.2, 0) is 10.5 Å². The smallest absolute Gasteiger partial charge is 0.320 e. The fourth-order valence-electron chi connectivity index (χ4n) is 3.72. The van der Waals surface area contributed by atoms with Crippen LogP contribution in [0.5, 0.6) is 5.88 Å². The number of nitrogens with one attached hydrogen (secondary N) is 2. The van der Waals surface area contributed by atoms with E-state index in [-0.39, 0.29) is 29.7 Å². The zero-order valence-corrected chi connectivity index (χ0v) is 18.3. The Bertz CT molecular complexity index is 975. The van der Waals surface area contributed by atoms with Crippen molar-refractivity contribution in [2.75, 3.05) is 11.9 Å². The van der Waals surface area contributed by atoms with Gasteiger partial charge in [0, 0.05) is 26.8 Å². The first-order valence-corrected chi connectivity index (χ1v) is 10.3. The maximum absolute atomic E-state index is 14.2.